The molecule has 0 saturated carbocycles. The Hall–Kier alpha value is -0.910. The van der Waals surface area contributed by atoms with Crippen LogP contribution in [0, 0.1) is 5.92 Å². The van der Waals surface area contributed by atoms with Crippen molar-refractivity contribution in [3.05, 3.63) is 0 Å². The number of hydrogen-bond acceptors (Lipinski definition) is 3. The van der Waals surface area contributed by atoms with E-state index in [9.17, 15) is 9.59 Å². The second-order valence-corrected chi connectivity index (χ2v) is 6.26. The molecule has 0 bridgehead atoms. The Bertz CT molecular complexity index is 310. The zero-order valence-electron chi connectivity index (χ0n) is 11.2. The van der Waals surface area contributed by atoms with Crippen LogP contribution in [0.1, 0.15) is 27.2 Å². The molecule has 1 fully saturated rings. The van der Waals surface area contributed by atoms with Crippen molar-refractivity contribution in [3.8, 4) is 0 Å². The lowest BCUT2D eigenvalue weighted by Gasteiger charge is -2.33. The number of carboxylic acid groups (broad SMARTS) is 1. The Morgan fingerprint density at radius 3 is 2.67 bits per heavy atom. The van der Waals surface area contributed by atoms with Gasteiger partial charge in [-0.25, -0.2) is 9.59 Å². The van der Waals surface area contributed by atoms with Crippen LogP contribution in [0.25, 0.3) is 0 Å². The molecular weight excluding hydrogens is 252 g/mol. The van der Waals surface area contributed by atoms with Gasteiger partial charge in [0.05, 0.1) is 0 Å². The van der Waals surface area contributed by atoms with Crippen molar-refractivity contribution < 1.29 is 14.7 Å². The summed E-state index contributed by atoms with van der Waals surface area (Å²) in [6.45, 7) is 7.09. The van der Waals surface area contributed by atoms with E-state index >= 15 is 0 Å². The second kappa shape index (κ2) is 6.87. The van der Waals surface area contributed by atoms with Gasteiger partial charge in [-0.1, -0.05) is 20.8 Å². The monoisotopic (exact) mass is 274 g/mol. The van der Waals surface area contributed by atoms with Gasteiger partial charge in [-0.15, -0.1) is 0 Å². The normalized spacial score (nSPS) is 21.8. The molecule has 1 rings (SSSR count). The summed E-state index contributed by atoms with van der Waals surface area (Å²) in [6.07, 6.45) is 1.03. The molecule has 6 heteroatoms. The SMILES string of the molecule is CCC1CN(C(=O)NC(C(=O)O)C(C)C)CCS1. The van der Waals surface area contributed by atoms with Gasteiger partial charge >= 0.3 is 12.0 Å². The Morgan fingerprint density at radius 1 is 1.50 bits per heavy atom. The molecular formula is C12H22N2O3S. The molecule has 1 aliphatic heterocycles. The highest BCUT2D eigenvalue weighted by Crippen LogP contribution is 2.21. The van der Waals surface area contributed by atoms with Crippen molar-refractivity contribution >= 4 is 23.8 Å². The number of rotatable bonds is 4. The third kappa shape index (κ3) is 4.08. The fourth-order valence-electron chi connectivity index (χ4n) is 1.89. The fourth-order valence-corrected chi connectivity index (χ4v) is 3.07. The van der Waals surface area contributed by atoms with E-state index in [0.29, 0.717) is 18.3 Å². The molecule has 2 unspecified atom stereocenters. The molecule has 2 N–H and O–H groups in total. The molecule has 1 heterocycles. The maximum atomic E-state index is 12.0. The average molecular weight is 274 g/mol. The Kier molecular flexibility index (Phi) is 5.78. The van der Waals surface area contributed by atoms with Gasteiger partial charge in [0.2, 0.25) is 0 Å². The molecule has 0 aromatic carbocycles. The van der Waals surface area contributed by atoms with E-state index in [2.05, 4.69) is 12.2 Å². The number of nitrogens with one attached hydrogen (secondary N) is 1. The largest absolute Gasteiger partial charge is 0.480 e. The zero-order chi connectivity index (χ0) is 13.7. The van der Waals surface area contributed by atoms with E-state index in [1.807, 2.05) is 11.8 Å². The Balaban J connectivity index is 2.55. The van der Waals surface area contributed by atoms with Crippen LogP contribution in [0.5, 0.6) is 0 Å². The molecule has 0 aromatic rings. The summed E-state index contributed by atoms with van der Waals surface area (Å²) in [5.41, 5.74) is 0. The van der Waals surface area contributed by atoms with Crippen molar-refractivity contribution in [2.75, 3.05) is 18.8 Å². The first-order chi connectivity index (χ1) is 8.45. The summed E-state index contributed by atoms with van der Waals surface area (Å²) < 4.78 is 0. The van der Waals surface area contributed by atoms with Crippen LogP contribution in [-0.4, -0.2) is 52.1 Å². The summed E-state index contributed by atoms with van der Waals surface area (Å²) in [7, 11) is 0. The highest BCUT2D eigenvalue weighted by atomic mass is 32.2. The summed E-state index contributed by atoms with van der Waals surface area (Å²) in [6, 6.07) is -1.07. The van der Waals surface area contributed by atoms with Crippen molar-refractivity contribution in [2.45, 2.75) is 38.5 Å². The third-order valence-corrected chi connectivity index (χ3v) is 4.47. The smallest absolute Gasteiger partial charge is 0.326 e. The number of nitrogens with zero attached hydrogens (tertiary/aromatic N) is 1. The number of urea groups is 1. The molecule has 0 aromatic heterocycles. The number of aliphatic carboxylic acids is 1. The van der Waals surface area contributed by atoms with Crippen LogP contribution >= 0.6 is 11.8 Å². The molecule has 5 nitrogen and oxygen atoms in total. The number of carboxylic acids is 1. The van der Waals surface area contributed by atoms with Gasteiger partial charge < -0.3 is 15.3 Å². The lowest BCUT2D eigenvalue weighted by molar-refractivity contribution is -0.140. The molecule has 1 aliphatic rings. The minimum absolute atomic E-state index is 0.118. The van der Waals surface area contributed by atoms with Crippen molar-refractivity contribution in [1.82, 2.24) is 10.2 Å². The number of thioether (sulfide) groups is 1. The van der Waals surface area contributed by atoms with Crippen LogP contribution in [0.2, 0.25) is 0 Å². The third-order valence-electron chi connectivity index (χ3n) is 3.09. The Morgan fingerprint density at radius 2 is 2.17 bits per heavy atom. The van der Waals surface area contributed by atoms with Gasteiger partial charge in [-0.2, -0.15) is 11.8 Å². The maximum absolute atomic E-state index is 12.0. The van der Waals surface area contributed by atoms with Crippen molar-refractivity contribution in [3.63, 3.8) is 0 Å². The van der Waals surface area contributed by atoms with Gasteiger partial charge in [0.1, 0.15) is 6.04 Å². The van der Waals surface area contributed by atoms with Crippen LogP contribution in [0.4, 0.5) is 4.79 Å². The van der Waals surface area contributed by atoms with Crippen LogP contribution in [0.3, 0.4) is 0 Å². The van der Waals surface area contributed by atoms with E-state index in [0.717, 1.165) is 12.2 Å². The molecule has 0 radical (unpaired) electrons. The number of carbonyl (C=O) groups excluding carboxylic acids is 1. The fraction of sp³-hybridized carbons (Fsp3) is 0.833. The van der Waals surface area contributed by atoms with E-state index < -0.39 is 12.0 Å². The number of hydrogen-bond donors (Lipinski definition) is 2. The molecule has 18 heavy (non-hydrogen) atoms. The van der Waals surface area contributed by atoms with E-state index in [1.54, 1.807) is 18.7 Å². The van der Waals surface area contributed by atoms with Crippen LogP contribution in [-0.2, 0) is 4.79 Å². The molecule has 2 atom stereocenters. The molecule has 0 spiro atoms. The predicted molar refractivity (Wildman–Crippen MR) is 72.9 cm³/mol. The number of amides is 2. The summed E-state index contributed by atoms with van der Waals surface area (Å²) in [5, 5.41) is 12.1. The highest BCUT2D eigenvalue weighted by Gasteiger charge is 2.28. The molecule has 1 saturated heterocycles. The van der Waals surface area contributed by atoms with Crippen molar-refractivity contribution in [1.29, 1.82) is 0 Å². The summed E-state index contributed by atoms with van der Waals surface area (Å²) in [4.78, 5) is 24.8. The standard InChI is InChI=1S/C12H22N2O3S/c1-4-9-7-14(5-6-18-9)12(17)13-10(8(2)3)11(15)16/h8-10H,4-7H2,1-3H3,(H,13,17)(H,15,16). The topological polar surface area (TPSA) is 69.6 Å². The quantitative estimate of drug-likeness (QED) is 0.817. The summed E-state index contributed by atoms with van der Waals surface area (Å²) in [5.74, 6) is -0.171. The van der Waals surface area contributed by atoms with E-state index in [4.69, 9.17) is 5.11 Å². The highest BCUT2D eigenvalue weighted by molar-refractivity contribution is 8.00. The van der Waals surface area contributed by atoms with Crippen LogP contribution in [0.15, 0.2) is 0 Å². The lowest BCUT2D eigenvalue weighted by Crippen LogP contribution is -2.53. The van der Waals surface area contributed by atoms with Gasteiger partial charge in [0, 0.05) is 24.1 Å². The Labute approximate surface area is 112 Å². The maximum Gasteiger partial charge on any atom is 0.326 e. The molecule has 104 valence electrons. The first-order valence-electron chi connectivity index (χ1n) is 6.35. The minimum Gasteiger partial charge on any atom is -0.480 e. The zero-order valence-corrected chi connectivity index (χ0v) is 12.0. The first kappa shape index (κ1) is 15.1. The van der Waals surface area contributed by atoms with E-state index in [1.165, 1.54) is 0 Å². The minimum atomic E-state index is -0.975. The predicted octanol–water partition coefficient (Wildman–Crippen LogP) is 1.63. The lowest BCUT2D eigenvalue weighted by atomic mass is 10.1. The van der Waals surface area contributed by atoms with E-state index in [-0.39, 0.29) is 11.9 Å². The molecule has 2 amide bonds. The first-order valence-corrected chi connectivity index (χ1v) is 7.40. The van der Waals surface area contributed by atoms with Gasteiger partial charge in [-0.3, -0.25) is 0 Å². The van der Waals surface area contributed by atoms with Gasteiger partial charge in [0.15, 0.2) is 0 Å². The van der Waals surface area contributed by atoms with Gasteiger partial charge in [0.25, 0.3) is 0 Å². The van der Waals surface area contributed by atoms with Crippen LogP contribution < -0.4 is 5.32 Å². The second-order valence-electron chi connectivity index (χ2n) is 4.86. The van der Waals surface area contributed by atoms with Crippen molar-refractivity contribution in [2.24, 2.45) is 5.92 Å². The average Bonchev–Trinajstić information content (AvgIpc) is 2.34. The molecule has 0 aliphatic carbocycles. The number of carbonyl (C=O) groups is 2. The van der Waals surface area contributed by atoms with Gasteiger partial charge in [-0.05, 0) is 12.3 Å². The summed E-state index contributed by atoms with van der Waals surface area (Å²) >= 11 is 1.88.